The zero-order valence-electron chi connectivity index (χ0n) is 8.09. The van der Waals surface area contributed by atoms with Crippen LogP contribution in [-0.4, -0.2) is 13.7 Å². The molecule has 3 heteroatoms. The van der Waals surface area contributed by atoms with Crippen LogP contribution in [0.3, 0.4) is 0 Å². The molecule has 0 heterocycles. The van der Waals surface area contributed by atoms with Gasteiger partial charge in [-0.05, 0) is 59.2 Å². The van der Waals surface area contributed by atoms with E-state index in [0.717, 1.165) is 25.0 Å². The Hall–Kier alpha value is -0.600. The van der Waals surface area contributed by atoms with Crippen LogP contribution in [0.25, 0.3) is 0 Å². The molecule has 0 aromatic heterocycles. The first-order valence-electron chi connectivity index (χ1n) is 4.45. The van der Waals surface area contributed by atoms with E-state index in [0.29, 0.717) is 0 Å². The van der Waals surface area contributed by atoms with Crippen LogP contribution in [0.1, 0.15) is 17.5 Å². The van der Waals surface area contributed by atoms with E-state index in [1.165, 1.54) is 9.13 Å². The lowest BCUT2D eigenvalue weighted by Gasteiger charge is -2.04. The van der Waals surface area contributed by atoms with Gasteiger partial charge in [0.15, 0.2) is 0 Å². The zero-order valence-corrected chi connectivity index (χ0v) is 10.2. The standard InChI is InChI=1S/C11H12INO/c1-14-6-2-3-10-7-9(8-13)4-5-11(10)12/h4-5,7H,2-3,6H2,1H3. The van der Waals surface area contributed by atoms with Crippen LogP contribution in [0.4, 0.5) is 0 Å². The van der Waals surface area contributed by atoms with Crippen LogP contribution in [-0.2, 0) is 11.2 Å². The number of aryl methyl sites for hydroxylation is 1. The summed E-state index contributed by atoms with van der Waals surface area (Å²) in [6, 6.07) is 7.94. The number of hydrogen-bond donors (Lipinski definition) is 0. The van der Waals surface area contributed by atoms with Gasteiger partial charge in [0.05, 0.1) is 11.6 Å². The van der Waals surface area contributed by atoms with Gasteiger partial charge < -0.3 is 4.74 Å². The molecule has 0 bridgehead atoms. The van der Waals surface area contributed by atoms with Gasteiger partial charge in [-0.3, -0.25) is 0 Å². The molecule has 0 atom stereocenters. The predicted octanol–water partition coefficient (Wildman–Crippen LogP) is 2.74. The maximum absolute atomic E-state index is 8.75. The fourth-order valence-corrected chi connectivity index (χ4v) is 1.85. The highest BCUT2D eigenvalue weighted by Gasteiger charge is 2.01. The van der Waals surface area contributed by atoms with Crippen molar-refractivity contribution in [3.05, 3.63) is 32.9 Å². The minimum absolute atomic E-state index is 0.734. The van der Waals surface area contributed by atoms with Crippen LogP contribution >= 0.6 is 22.6 Å². The molecule has 1 aromatic rings. The first kappa shape index (κ1) is 11.5. The van der Waals surface area contributed by atoms with E-state index >= 15 is 0 Å². The Balaban J connectivity index is 2.70. The van der Waals surface area contributed by atoms with Gasteiger partial charge in [0.1, 0.15) is 0 Å². The average molecular weight is 301 g/mol. The second-order valence-corrected chi connectivity index (χ2v) is 4.18. The summed E-state index contributed by atoms with van der Waals surface area (Å²) in [6.45, 7) is 0.771. The molecule has 0 fully saturated rings. The van der Waals surface area contributed by atoms with E-state index in [9.17, 15) is 0 Å². The molecule has 0 amide bonds. The van der Waals surface area contributed by atoms with Crippen LogP contribution in [0.15, 0.2) is 18.2 Å². The minimum Gasteiger partial charge on any atom is -0.385 e. The van der Waals surface area contributed by atoms with Gasteiger partial charge in [0.25, 0.3) is 0 Å². The molecular weight excluding hydrogens is 289 g/mol. The third-order valence-corrected chi connectivity index (χ3v) is 3.02. The summed E-state index contributed by atoms with van der Waals surface area (Å²) >= 11 is 2.29. The number of methoxy groups -OCH3 is 1. The molecule has 0 spiro atoms. The number of nitrogens with zero attached hydrogens (tertiary/aromatic N) is 1. The fourth-order valence-electron chi connectivity index (χ4n) is 1.24. The molecule has 74 valence electrons. The maximum Gasteiger partial charge on any atom is 0.0991 e. The maximum atomic E-state index is 8.75. The first-order valence-corrected chi connectivity index (χ1v) is 5.53. The molecule has 0 saturated carbocycles. The number of nitriles is 1. The molecule has 1 aromatic carbocycles. The van der Waals surface area contributed by atoms with E-state index in [1.807, 2.05) is 18.2 Å². The summed E-state index contributed by atoms with van der Waals surface area (Å²) in [4.78, 5) is 0. The van der Waals surface area contributed by atoms with Gasteiger partial charge >= 0.3 is 0 Å². The van der Waals surface area contributed by atoms with Crippen LogP contribution < -0.4 is 0 Å². The lowest BCUT2D eigenvalue weighted by Crippen LogP contribution is -1.95. The summed E-state index contributed by atoms with van der Waals surface area (Å²) in [7, 11) is 1.71. The highest BCUT2D eigenvalue weighted by Crippen LogP contribution is 2.15. The largest absolute Gasteiger partial charge is 0.385 e. The quantitative estimate of drug-likeness (QED) is 0.633. The van der Waals surface area contributed by atoms with E-state index in [4.69, 9.17) is 10.00 Å². The zero-order chi connectivity index (χ0) is 10.4. The Morgan fingerprint density at radius 3 is 2.93 bits per heavy atom. The third-order valence-electron chi connectivity index (χ3n) is 1.97. The van der Waals surface area contributed by atoms with Gasteiger partial charge in [-0.1, -0.05) is 0 Å². The van der Waals surface area contributed by atoms with Crippen molar-refractivity contribution < 1.29 is 4.74 Å². The summed E-state index contributed by atoms with van der Waals surface area (Å²) in [5, 5.41) is 8.75. The number of rotatable bonds is 4. The highest BCUT2D eigenvalue weighted by molar-refractivity contribution is 14.1. The summed E-state index contributed by atoms with van der Waals surface area (Å²) in [6.07, 6.45) is 1.98. The average Bonchev–Trinajstić information content (AvgIpc) is 2.21. The number of ether oxygens (including phenoxy) is 1. The Labute approximate surface area is 98.0 Å². The molecule has 0 N–H and O–H groups in total. The third kappa shape index (κ3) is 3.28. The second-order valence-electron chi connectivity index (χ2n) is 3.01. The lowest BCUT2D eigenvalue weighted by atomic mass is 10.1. The Morgan fingerprint density at radius 2 is 2.29 bits per heavy atom. The lowest BCUT2D eigenvalue weighted by molar-refractivity contribution is 0.195. The Kier molecular flexibility index (Phi) is 4.91. The van der Waals surface area contributed by atoms with Crippen LogP contribution in [0.5, 0.6) is 0 Å². The molecule has 0 radical (unpaired) electrons. The molecule has 0 aliphatic heterocycles. The first-order chi connectivity index (χ1) is 6.77. The molecule has 2 nitrogen and oxygen atoms in total. The van der Waals surface area contributed by atoms with Gasteiger partial charge in [-0.25, -0.2) is 0 Å². The molecule has 0 aliphatic carbocycles. The Bertz CT molecular complexity index is 344. The number of hydrogen-bond acceptors (Lipinski definition) is 2. The summed E-state index contributed by atoms with van der Waals surface area (Å²) in [5.41, 5.74) is 1.97. The molecular formula is C11H12INO. The fraction of sp³-hybridized carbons (Fsp3) is 0.364. The van der Waals surface area contributed by atoms with Crippen molar-refractivity contribution in [1.29, 1.82) is 5.26 Å². The topological polar surface area (TPSA) is 33.0 Å². The van der Waals surface area contributed by atoms with Gasteiger partial charge in [-0.15, -0.1) is 0 Å². The van der Waals surface area contributed by atoms with Crippen molar-refractivity contribution in [1.82, 2.24) is 0 Å². The van der Waals surface area contributed by atoms with Crippen molar-refractivity contribution in [2.24, 2.45) is 0 Å². The molecule has 0 aliphatic rings. The number of benzene rings is 1. The number of halogens is 1. The van der Waals surface area contributed by atoms with E-state index < -0.39 is 0 Å². The second kappa shape index (κ2) is 5.99. The molecule has 1 rings (SSSR count). The van der Waals surface area contributed by atoms with Crippen LogP contribution in [0, 0.1) is 14.9 Å². The molecule has 0 unspecified atom stereocenters. The van der Waals surface area contributed by atoms with Crippen LogP contribution in [0.2, 0.25) is 0 Å². The smallest absolute Gasteiger partial charge is 0.0991 e. The molecule has 14 heavy (non-hydrogen) atoms. The van der Waals surface area contributed by atoms with Crippen molar-refractivity contribution in [3.8, 4) is 6.07 Å². The summed E-state index contributed by atoms with van der Waals surface area (Å²) in [5.74, 6) is 0. The SMILES string of the molecule is COCCCc1cc(C#N)ccc1I. The monoisotopic (exact) mass is 301 g/mol. The summed E-state index contributed by atoms with van der Waals surface area (Å²) < 4.78 is 6.21. The molecule has 0 saturated heterocycles. The van der Waals surface area contributed by atoms with Crippen molar-refractivity contribution in [2.45, 2.75) is 12.8 Å². The normalized spacial score (nSPS) is 9.79. The van der Waals surface area contributed by atoms with Crippen molar-refractivity contribution in [3.63, 3.8) is 0 Å². The van der Waals surface area contributed by atoms with Gasteiger partial charge in [0, 0.05) is 17.3 Å². The van der Waals surface area contributed by atoms with E-state index in [1.54, 1.807) is 7.11 Å². The van der Waals surface area contributed by atoms with E-state index in [2.05, 4.69) is 28.7 Å². The van der Waals surface area contributed by atoms with Crippen molar-refractivity contribution in [2.75, 3.05) is 13.7 Å². The van der Waals surface area contributed by atoms with E-state index in [-0.39, 0.29) is 0 Å². The van der Waals surface area contributed by atoms with Gasteiger partial charge in [-0.2, -0.15) is 5.26 Å². The highest BCUT2D eigenvalue weighted by atomic mass is 127. The van der Waals surface area contributed by atoms with Gasteiger partial charge in [0.2, 0.25) is 0 Å². The minimum atomic E-state index is 0.734. The van der Waals surface area contributed by atoms with Crippen molar-refractivity contribution >= 4 is 22.6 Å². The predicted molar refractivity (Wildman–Crippen MR) is 64.1 cm³/mol. The Morgan fingerprint density at radius 1 is 1.50 bits per heavy atom.